The Bertz CT molecular complexity index is 590. The van der Waals surface area contributed by atoms with E-state index in [2.05, 4.69) is 5.32 Å². The van der Waals surface area contributed by atoms with Crippen molar-refractivity contribution in [3.63, 3.8) is 0 Å². The van der Waals surface area contributed by atoms with Crippen molar-refractivity contribution >= 4 is 35.2 Å². The molecule has 1 aliphatic heterocycles. The van der Waals surface area contributed by atoms with E-state index in [0.29, 0.717) is 17.4 Å². The number of nitrogens with zero attached hydrogens (tertiary/aromatic N) is 1. The molecule has 2 N–H and O–H groups in total. The Balaban J connectivity index is 2.11. The zero-order valence-corrected chi connectivity index (χ0v) is 12.1. The fourth-order valence-corrected chi connectivity index (χ4v) is 2.75. The molecule has 112 valence electrons. The summed E-state index contributed by atoms with van der Waals surface area (Å²) in [6.07, 6.45) is 0. The van der Waals surface area contributed by atoms with Gasteiger partial charge >= 0.3 is 5.97 Å². The number of hydrogen-bond donors (Lipinski definition) is 2. The number of carbonyl (C=O) groups is 3. The SMILES string of the molecule is COc1ccc(C(=O)O)c(NC(=O)CN2CSCC2=O)c1. The normalized spacial score (nSPS) is 14.1. The summed E-state index contributed by atoms with van der Waals surface area (Å²) in [6, 6.07) is 4.29. The van der Waals surface area contributed by atoms with E-state index in [1.165, 1.54) is 42.0 Å². The van der Waals surface area contributed by atoms with Gasteiger partial charge in [-0.1, -0.05) is 0 Å². The van der Waals surface area contributed by atoms with Gasteiger partial charge in [-0.15, -0.1) is 11.8 Å². The molecule has 0 radical (unpaired) electrons. The third-order valence-corrected chi connectivity index (χ3v) is 3.84. The molecule has 1 saturated heterocycles. The largest absolute Gasteiger partial charge is 0.497 e. The van der Waals surface area contributed by atoms with E-state index < -0.39 is 11.9 Å². The number of methoxy groups -OCH3 is 1. The molecule has 0 saturated carbocycles. The van der Waals surface area contributed by atoms with Crippen LogP contribution in [0.3, 0.4) is 0 Å². The van der Waals surface area contributed by atoms with E-state index >= 15 is 0 Å². The predicted octanol–water partition coefficient (Wildman–Crippen LogP) is 0.865. The van der Waals surface area contributed by atoms with E-state index in [-0.39, 0.29) is 23.7 Å². The van der Waals surface area contributed by atoms with E-state index in [1.54, 1.807) is 0 Å². The molecule has 1 aliphatic rings. The molecule has 21 heavy (non-hydrogen) atoms. The van der Waals surface area contributed by atoms with Gasteiger partial charge in [0.25, 0.3) is 0 Å². The molecule has 0 aromatic heterocycles. The Morgan fingerprint density at radius 1 is 1.48 bits per heavy atom. The number of anilines is 1. The van der Waals surface area contributed by atoms with Crippen LogP contribution < -0.4 is 10.1 Å². The van der Waals surface area contributed by atoms with E-state index in [9.17, 15) is 14.4 Å². The number of carboxylic acid groups (broad SMARTS) is 1. The van der Waals surface area contributed by atoms with Gasteiger partial charge in [0.15, 0.2) is 0 Å². The van der Waals surface area contributed by atoms with Gasteiger partial charge in [0, 0.05) is 6.07 Å². The lowest BCUT2D eigenvalue weighted by Crippen LogP contribution is -2.34. The summed E-state index contributed by atoms with van der Waals surface area (Å²) in [7, 11) is 1.45. The number of carboxylic acids is 1. The maximum atomic E-state index is 11.9. The molecule has 8 heteroatoms. The third-order valence-electron chi connectivity index (χ3n) is 2.89. The zero-order valence-electron chi connectivity index (χ0n) is 11.3. The maximum absolute atomic E-state index is 11.9. The Labute approximate surface area is 125 Å². The Morgan fingerprint density at radius 2 is 2.24 bits per heavy atom. The first-order chi connectivity index (χ1) is 10.0. The molecule has 0 aliphatic carbocycles. The lowest BCUT2D eigenvalue weighted by Gasteiger charge is -2.15. The number of aromatic carboxylic acids is 1. The number of ether oxygens (including phenoxy) is 1. The number of rotatable bonds is 5. The fourth-order valence-electron chi connectivity index (χ4n) is 1.84. The van der Waals surface area contributed by atoms with Crippen LogP contribution in [0, 0.1) is 0 Å². The minimum atomic E-state index is -1.15. The number of amides is 2. The first-order valence-corrected chi connectivity index (χ1v) is 7.23. The lowest BCUT2D eigenvalue weighted by molar-refractivity contribution is -0.130. The van der Waals surface area contributed by atoms with Crippen molar-refractivity contribution < 1.29 is 24.2 Å². The maximum Gasteiger partial charge on any atom is 0.337 e. The highest BCUT2D eigenvalue weighted by atomic mass is 32.2. The van der Waals surface area contributed by atoms with Crippen molar-refractivity contribution in [3.05, 3.63) is 23.8 Å². The molecular formula is C13H14N2O5S. The summed E-state index contributed by atoms with van der Waals surface area (Å²) in [4.78, 5) is 35.9. The average molecular weight is 310 g/mol. The summed E-state index contributed by atoms with van der Waals surface area (Å²) >= 11 is 1.43. The van der Waals surface area contributed by atoms with Crippen LogP contribution in [0.5, 0.6) is 5.75 Å². The second-order valence-electron chi connectivity index (χ2n) is 4.33. The van der Waals surface area contributed by atoms with E-state index in [1.807, 2.05) is 0 Å². The number of benzene rings is 1. The Hall–Kier alpha value is -2.22. The molecule has 0 atom stereocenters. The molecule has 2 rings (SSSR count). The van der Waals surface area contributed by atoms with Crippen LogP contribution in [0.1, 0.15) is 10.4 Å². The van der Waals surface area contributed by atoms with Crippen LogP contribution in [0.15, 0.2) is 18.2 Å². The smallest absolute Gasteiger partial charge is 0.337 e. The molecule has 1 aromatic carbocycles. The average Bonchev–Trinajstić information content (AvgIpc) is 2.83. The van der Waals surface area contributed by atoms with Gasteiger partial charge in [0.05, 0.1) is 30.0 Å². The van der Waals surface area contributed by atoms with Crippen molar-refractivity contribution in [2.24, 2.45) is 0 Å². The minimum absolute atomic E-state index is 0.0359. The van der Waals surface area contributed by atoms with Crippen LogP contribution in [-0.2, 0) is 9.59 Å². The van der Waals surface area contributed by atoms with Gasteiger partial charge in [-0.2, -0.15) is 0 Å². The van der Waals surface area contributed by atoms with Crippen molar-refractivity contribution in [1.29, 1.82) is 0 Å². The fraction of sp³-hybridized carbons (Fsp3) is 0.308. The van der Waals surface area contributed by atoms with E-state index in [4.69, 9.17) is 9.84 Å². The van der Waals surface area contributed by atoms with Crippen molar-refractivity contribution in [3.8, 4) is 5.75 Å². The van der Waals surface area contributed by atoms with Gasteiger partial charge in [-0.25, -0.2) is 4.79 Å². The number of thioether (sulfide) groups is 1. The highest BCUT2D eigenvalue weighted by Crippen LogP contribution is 2.23. The minimum Gasteiger partial charge on any atom is -0.497 e. The Morgan fingerprint density at radius 3 is 2.81 bits per heavy atom. The van der Waals surface area contributed by atoms with Crippen molar-refractivity contribution in [1.82, 2.24) is 4.90 Å². The van der Waals surface area contributed by atoms with Crippen LogP contribution in [0.2, 0.25) is 0 Å². The topological polar surface area (TPSA) is 95.9 Å². The molecule has 0 unspecified atom stereocenters. The van der Waals surface area contributed by atoms with Crippen LogP contribution in [0.25, 0.3) is 0 Å². The molecule has 2 amide bonds. The highest BCUT2D eigenvalue weighted by molar-refractivity contribution is 8.00. The van der Waals surface area contributed by atoms with Crippen molar-refractivity contribution in [2.75, 3.05) is 30.6 Å². The standard InChI is InChI=1S/C13H14N2O5S/c1-20-8-2-3-9(13(18)19)10(4-8)14-11(16)5-15-7-21-6-12(15)17/h2-4H,5-7H2,1H3,(H,14,16)(H,18,19). The molecule has 1 fully saturated rings. The molecule has 0 spiro atoms. The number of hydrogen-bond acceptors (Lipinski definition) is 5. The lowest BCUT2D eigenvalue weighted by atomic mass is 10.1. The molecule has 0 bridgehead atoms. The monoisotopic (exact) mass is 310 g/mol. The predicted molar refractivity (Wildman–Crippen MR) is 77.6 cm³/mol. The van der Waals surface area contributed by atoms with Crippen LogP contribution >= 0.6 is 11.8 Å². The molecule has 1 aromatic rings. The van der Waals surface area contributed by atoms with Gasteiger partial charge in [0.2, 0.25) is 11.8 Å². The summed E-state index contributed by atoms with van der Waals surface area (Å²) in [5.74, 6) is -0.423. The summed E-state index contributed by atoms with van der Waals surface area (Å²) < 4.78 is 5.01. The summed E-state index contributed by atoms with van der Waals surface area (Å²) in [5.41, 5.74) is 0.109. The van der Waals surface area contributed by atoms with Gasteiger partial charge < -0.3 is 20.1 Å². The van der Waals surface area contributed by atoms with Crippen LogP contribution in [0.4, 0.5) is 5.69 Å². The zero-order chi connectivity index (χ0) is 15.4. The molecule has 1 heterocycles. The first kappa shape index (κ1) is 15.2. The van der Waals surface area contributed by atoms with Crippen LogP contribution in [-0.4, -0.2) is 53.1 Å². The van der Waals surface area contributed by atoms with E-state index in [0.717, 1.165) is 0 Å². The molecular weight excluding hydrogens is 296 g/mol. The highest BCUT2D eigenvalue weighted by Gasteiger charge is 2.23. The second kappa shape index (κ2) is 6.49. The number of carbonyl (C=O) groups excluding carboxylic acids is 2. The Kier molecular flexibility index (Phi) is 4.69. The number of nitrogens with one attached hydrogen (secondary N) is 1. The van der Waals surface area contributed by atoms with Gasteiger partial charge in [-0.3, -0.25) is 9.59 Å². The summed E-state index contributed by atoms with van der Waals surface area (Å²) in [6.45, 7) is -0.0951. The van der Waals surface area contributed by atoms with Crippen molar-refractivity contribution in [2.45, 2.75) is 0 Å². The molecule has 7 nitrogen and oxygen atoms in total. The second-order valence-corrected chi connectivity index (χ2v) is 5.29. The van der Waals surface area contributed by atoms with Gasteiger partial charge in [0.1, 0.15) is 12.3 Å². The quantitative estimate of drug-likeness (QED) is 0.837. The first-order valence-electron chi connectivity index (χ1n) is 6.08. The summed E-state index contributed by atoms with van der Waals surface area (Å²) in [5, 5.41) is 11.6. The van der Waals surface area contributed by atoms with Gasteiger partial charge in [-0.05, 0) is 12.1 Å². The third kappa shape index (κ3) is 3.66.